The fourth-order valence-electron chi connectivity index (χ4n) is 2.58. The Morgan fingerprint density at radius 3 is 2.69 bits per heavy atom. The average Bonchev–Trinajstić information content (AvgIpc) is 3.16. The lowest BCUT2D eigenvalue weighted by atomic mass is 10.0. The standard InChI is InChI=1S/C20H30N4OS/c1-16(22)24-10-3-2-9-23-14-19-13-17(18-7-12-26-15-18)5-6-20(19)25-11-4-8-21/h5-7,12-13,15,23-24H,1-4,8-11,14,21-22H2. The van der Waals surface area contributed by atoms with Gasteiger partial charge in [-0.15, -0.1) is 0 Å². The molecule has 0 bridgehead atoms. The van der Waals surface area contributed by atoms with Crippen molar-refractivity contribution in [3.63, 3.8) is 0 Å². The first-order valence-electron chi connectivity index (χ1n) is 9.08. The molecular formula is C20H30N4OS. The number of rotatable bonds is 13. The monoisotopic (exact) mass is 374 g/mol. The van der Waals surface area contributed by atoms with E-state index in [0.29, 0.717) is 19.0 Å². The molecule has 0 aliphatic heterocycles. The van der Waals surface area contributed by atoms with Crippen molar-refractivity contribution in [3.05, 3.63) is 53.0 Å². The van der Waals surface area contributed by atoms with Gasteiger partial charge in [0.25, 0.3) is 0 Å². The molecule has 142 valence electrons. The maximum atomic E-state index is 5.92. The van der Waals surface area contributed by atoms with Crippen LogP contribution in [0.2, 0.25) is 0 Å². The van der Waals surface area contributed by atoms with E-state index in [1.165, 1.54) is 16.7 Å². The molecule has 1 aromatic carbocycles. The lowest BCUT2D eigenvalue weighted by Crippen LogP contribution is -2.21. The van der Waals surface area contributed by atoms with Gasteiger partial charge in [0.05, 0.1) is 12.4 Å². The van der Waals surface area contributed by atoms with Crippen molar-refractivity contribution in [1.29, 1.82) is 0 Å². The molecule has 2 aromatic rings. The van der Waals surface area contributed by atoms with Gasteiger partial charge in [-0.1, -0.05) is 12.6 Å². The van der Waals surface area contributed by atoms with Crippen LogP contribution in [0, 0.1) is 0 Å². The van der Waals surface area contributed by atoms with Gasteiger partial charge in [-0.05, 0) is 72.4 Å². The number of thiophene rings is 1. The molecule has 26 heavy (non-hydrogen) atoms. The zero-order valence-corrected chi connectivity index (χ0v) is 16.1. The highest BCUT2D eigenvalue weighted by Gasteiger charge is 2.07. The Labute approximate surface area is 160 Å². The molecule has 0 saturated carbocycles. The fraction of sp³-hybridized carbons (Fsp3) is 0.400. The first-order chi connectivity index (χ1) is 12.7. The van der Waals surface area contributed by atoms with E-state index in [1.54, 1.807) is 11.3 Å². The molecule has 1 aromatic heterocycles. The predicted octanol–water partition coefficient (Wildman–Crippen LogP) is 3.03. The van der Waals surface area contributed by atoms with Gasteiger partial charge in [-0.25, -0.2) is 0 Å². The minimum Gasteiger partial charge on any atom is -0.493 e. The number of ether oxygens (including phenoxy) is 1. The van der Waals surface area contributed by atoms with Gasteiger partial charge in [0.1, 0.15) is 5.75 Å². The van der Waals surface area contributed by atoms with Crippen LogP contribution >= 0.6 is 11.3 Å². The molecule has 0 fully saturated rings. The lowest BCUT2D eigenvalue weighted by Gasteiger charge is -2.14. The third-order valence-electron chi connectivity index (χ3n) is 3.97. The molecule has 6 heteroatoms. The minimum atomic E-state index is 0.530. The summed E-state index contributed by atoms with van der Waals surface area (Å²) in [6.07, 6.45) is 2.99. The molecule has 5 nitrogen and oxygen atoms in total. The Balaban J connectivity index is 1.89. The van der Waals surface area contributed by atoms with Crippen LogP contribution in [-0.2, 0) is 6.54 Å². The van der Waals surface area contributed by atoms with Crippen LogP contribution in [0.15, 0.2) is 47.4 Å². The first kappa shape index (κ1) is 20.3. The summed E-state index contributed by atoms with van der Waals surface area (Å²) in [6, 6.07) is 8.54. The topological polar surface area (TPSA) is 85.3 Å². The normalized spacial score (nSPS) is 10.7. The summed E-state index contributed by atoms with van der Waals surface area (Å²) in [5.41, 5.74) is 14.7. The average molecular weight is 375 g/mol. The van der Waals surface area contributed by atoms with E-state index in [0.717, 1.165) is 44.6 Å². The summed E-state index contributed by atoms with van der Waals surface area (Å²) in [6.45, 7) is 7.51. The Bertz CT molecular complexity index is 658. The first-order valence-corrected chi connectivity index (χ1v) is 10.0. The number of hydrogen-bond acceptors (Lipinski definition) is 6. The summed E-state index contributed by atoms with van der Waals surface area (Å²) in [4.78, 5) is 0. The molecule has 0 saturated heterocycles. The number of unbranched alkanes of at least 4 members (excludes halogenated alkanes) is 1. The zero-order valence-electron chi connectivity index (χ0n) is 15.3. The Kier molecular flexibility index (Phi) is 9.03. The number of nitrogens with one attached hydrogen (secondary N) is 2. The van der Waals surface area contributed by atoms with Crippen molar-refractivity contribution in [2.75, 3.05) is 26.2 Å². The van der Waals surface area contributed by atoms with Crippen molar-refractivity contribution >= 4 is 11.3 Å². The summed E-state index contributed by atoms with van der Waals surface area (Å²) < 4.78 is 5.92. The van der Waals surface area contributed by atoms with E-state index in [2.05, 4.69) is 52.2 Å². The van der Waals surface area contributed by atoms with Crippen LogP contribution in [0.1, 0.15) is 24.8 Å². The Morgan fingerprint density at radius 2 is 1.96 bits per heavy atom. The van der Waals surface area contributed by atoms with Crippen molar-refractivity contribution < 1.29 is 4.74 Å². The molecule has 0 amide bonds. The van der Waals surface area contributed by atoms with Crippen LogP contribution in [0.4, 0.5) is 0 Å². The van der Waals surface area contributed by atoms with Crippen LogP contribution in [0.3, 0.4) is 0 Å². The predicted molar refractivity (Wildman–Crippen MR) is 111 cm³/mol. The van der Waals surface area contributed by atoms with E-state index in [-0.39, 0.29) is 0 Å². The second-order valence-corrected chi connectivity index (χ2v) is 6.94. The summed E-state index contributed by atoms with van der Waals surface area (Å²) in [7, 11) is 0. The quantitative estimate of drug-likeness (QED) is 0.405. The molecular weight excluding hydrogens is 344 g/mol. The molecule has 2 rings (SSSR count). The highest BCUT2D eigenvalue weighted by molar-refractivity contribution is 7.08. The van der Waals surface area contributed by atoms with E-state index >= 15 is 0 Å². The summed E-state index contributed by atoms with van der Waals surface area (Å²) in [5.74, 6) is 1.47. The van der Waals surface area contributed by atoms with Crippen molar-refractivity contribution in [2.45, 2.75) is 25.8 Å². The van der Waals surface area contributed by atoms with Gasteiger partial charge in [-0.3, -0.25) is 0 Å². The summed E-state index contributed by atoms with van der Waals surface area (Å²) >= 11 is 1.71. The molecule has 6 N–H and O–H groups in total. The van der Waals surface area contributed by atoms with E-state index in [9.17, 15) is 0 Å². The zero-order chi connectivity index (χ0) is 18.6. The SMILES string of the molecule is C=C(N)NCCCCNCc1cc(-c2ccsc2)ccc1OCCCN. The van der Waals surface area contributed by atoms with Gasteiger partial charge in [0.15, 0.2) is 0 Å². The van der Waals surface area contributed by atoms with Gasteiger partial charge < -0.3 is 26.8 Å². The molecule has 0 atom stereocenters. The van der Waals surface area contributed by atoms with Crippen molar-refractivity contribution in [1.82, 2.24) is 10.6 Å². The van der Waals surface area contributed by atoms with E-state index < -0.39 is 0 Å². The number of nitrogens with two attached hydrogens (primary N) is 2. The highest BCUT2D eigenvalue weighted by atomic mass is 32.1. The second-order valence-electron chi connectivity index (χ2n) is 6.16. The van der Waals surface area contributed by atoms with Crippen molar-refractivity contribution in [2.24, 2.45) is 11.5 Å². The van der Waals surface area contributed by atoms with Crippen LogP contribution in [0.25, 0.3) is 11.1 Å². The molecule has 0 spiro atoms. The third-order valence-corrected chi connectivity index (χ3v) is 4.65. The molecule has 0 unspecified atom stereocenters. The number of benzene rings is 1. The van der Waals surface area contributed by atoms with Gasteiger partial charge in [0.2, 0.25) is 0 Å². The van der Waals surface area contributed by atoms with Crippen LogP contribution in [-0.4, -0.2) is 26.2 Å². The molecule has 1 heterocycles. The molecule has 0 aliphatic rings. The summed E-state index contributed by atoms with van der Waals surface area (Å²) in [5, 5.41) is 10.8. The van der Waals surface area contributed by atoms with Crippen LogP contribution < -0.4 is 26.8 Å². The minimum absolute atomic E-state index is 0.530. The molecule has 0 radical (unpaired) electrons. The highest BCUT2D eigenvalue weighted by Crippen LogP contribution is 2.28. The van der Waals surface area contributed by atoms with Crippen molar-refractivity contribution in [3.8, 4) is 16.9 Å². The van der Waals surface area contributed by atoms with Gasteiger partial charge in [0, 0.05) is 18.7 Å². The van der Waals surface area contributed by atoms with Gasteiger partial charge in [-0.2, -0.15) is 11.3 Å². The Morgan fingerprint density at radius 1 is 1.12 bits per heavy atom. The maximum absolute atomic E-state index is 5.92. The lowest BCUT2D eigenvalue weighted by molar-refractivity contribution is 0.309. The molecule has 0 aliphatic carbocycles. The van der Waals surface area contributed by atoms with E-state index in [1.807, 2.05) is 0 Å². The second kappa shape index (κ2) is 11.6. The number of hydrogen-bond donors (Lipinski definition) is 4. The van der Waals surface area contributed by atoms with E-state index in [4.69, 9.17) is 16.2 Å². The smallest absolute Gasteiger partial charge is 0.123 e. The van der Waals surface area contributed by atoms with Gasteiger partial charge >= 0.3 is 0 Å². The maximum Gasteiger partial charge on any atom is 0.123 e. The largest absolute Gasteiger partial charge is 0.493 e. The third kappa shape index (κ3) is 7.07. The van der Waals surface area contributed by atoms with Crippen LogP contribution in [0.5, 0.6) is 5.75 Å². The fourth-order valence-corrected chi connectivity index (χ4v) is 3.24. The Hall–Kier alpha value is -2.02.